The van der Waals surface area contributed by atoms with Crippen molar-refractivity contribution in [1.29, 1.82) is 0 Å². The highest BCUT2D eigenvalue weighted by Gasteiger charge is 2.42. The number of aryl methyl sites for hydroxylation is 2. The summed E-state index contributed by atoms with van der Waals surface area (Å²) in [6.45, 7) is 5.70. The van der Waals surface area contributed by atoms with Crippen LogP contribution in [0.1, 0.15) is 85.3 Å². The number of hydrogen-bond acceptors (Lipinski definition) is 10. The number of benzene rings is 3. The molecule has 0 saturated carbocycles. The van der Waals surface area contributed by atoms with Gasteiger partial charge in [0.2, 0.25) is 5.91 Å². The number of aromatic nitrogens is 4. The fourth-order valence-electron chi connectivity index (χ4n) is 9.84. The Labute approximate surface area is 371 Å². The van der Waals surface area contributed by atoms with E-state index in [1.165, 1.54) is 19.8 Å². The monoisotopic (exact) mass is 870 g/mol. The van der Waals surface area contributed by atoms with Crippen LogP contribution in [0.5, 0.6) is 5.75 Å². The standard InChI is InChI=1S/C48H54N8O8/c1-26(2)40(53-47(59)62-4)45(57)55-17-9-12-37(55)43-49-22-36(51-43)30-13-15-32-31(19-30)25-64-39-21-33-29(20-34(32)39)14-16-35-42(33)52-44(50-35)38-18-27(24-61-3)23-56(38)46(58)41(54-48(60)63-5)28-10-7-6-8-11-28/h6-8,10-11,13,15,19-22,26-27,37-38,40-41H,9,12,14,16-18,23-25H2,1-5H3,(H,49,51)(H,50,52)(H,53,59)(H,54,60)/t27-,37-,38?,40-,41+/m0/s1. The van der Waals surface area contributed by atoms with Crippen LogP contribution in [0.15, 0.2) is 66.9 Å². The smallest absolute Gasteiger partial charge is 0.407 e. The van der Waals surface area contributed by atoms with Gasteiger partial charge < -0.3 is 49.3 Å². The van der Waals surface area contributed by atoms with E-state index in [9.17, 15) is 19.2 Å². The maximum atomic E-state index is 14.4. The summed E-state index contributed by atoms with van der Waals surface area (Å²) in [5, 5.41) is 5.47. The predicted octanol–water partition coefficient (Wildman–Crippen LogP) is 6.80. The Kier molecular flexibility index (Phi) is 11.9. The van der Waals surface area contributed by atoms with Gasteiger partial charge in [0.15, 0.2) is 0 Å². The van der Waals surface area contributed by atoms with E-state index in [1.54, 1.807) is 7.11 Å². The molecule has 5 heterocycles. The maximum Gasteiger partial charge on any atom is 0.407 e. The summed E-state index contributed by atoms with van der Waals surface area (Å²) in [5.41, 5.74) is 9.73. The second-order valence-corrected chi connectivity index (χ2v) is 17.4. The molecule has 3 aliphatic heterocycles. The van der Waals surface area contributed by atoms with Crippen LogP contribution in [0.3, 0.4) is 0 Å². The van der Waals surface area contributed by atoms with Gasteiger partial charge in [0, 0.05) is 37.2 Å². The maximum absolute atomic E-state index is 14.4. The van der Waals surface area contributed by atoms with E-state index in [0.29, 0.717) is 49.9 Å². The first-order valence-electron chi connectivity index (χ1n) is 22.0. The van der Waals surface area contributed by atoms with Crippen molar-refractivity contribution >= 4 is 24.0 Å². The lowest BCUT2D eigenvalue weighted by Gasteiger charge is -2.30. The van der Waals surface area contributed by atoms with Gasteiger partial charge in [-0.25, -0.2) is 19.6 Å². The first kappa shape index (κ1) is 42.6. The average Bonchev–Trinajstić information content (AvgIpc) is 4.15. The molecule has 334 valence electrons. The number of ether oxygens (including phenoxy) is 4. The fraction of sp³-hybridized carbons (Fsp3) is 0.417. The van der Waals surface area contributed by atoms with Crippen LogP contribution >= 0.6 is 0 Å². The Morgan fingerprint density at radius 2 is 1.64 bits per heavy atom. The van der Waals surface area contributed by atoms with Crippen LogP contribution in [0.4, 0.5) is 9.59 Å². The molecule has 1 unspecified atom stereocenters. The van der Waals surface area contributed by atoms with Gasteiger partial charge in [-0.15, -0.1) is 0 Å². The molecule has 0 radical (unpaired) electrons. The SMILES string of the molecule is COC[C@H]1CC(c2nc3c([nH]2)-c2cc4c(cc2CC3)-c2ccc(-c3cnc([C@@H]5CCCN5C(=O)[C@@H](NC(=O)OC)C(C)C)[nH]3)cc2CO4)N(C(=O)[C@H](NC(=O)OC)c2ccccc2)C1. The van der Waals surface area contributed by atoms with Crippen LogP contribution in [-0.2, 0) is 43.2 Å². The number of aromatic amines is 2. The highest BCUT2D eigenvalue weighted by molar-refractivity contribution is 5.88. The van der Waals surface area contributed by atoms with E-state index in [-0.39, 0.29) is 35.7 Å². The third kappa shape index (κ3) is 8.06. The summed E-state index contributed by atoms with van der Waals surface area (Å²) in [5.74, 6) is 1.77. The van der Waals surface area contributed by atoms with Crippen molar-refractivity contribution < 1.29 is 38.1 Å². The summed E-state index contributed by atoms with van der Waals surface area (Å²) in [4.78, 5) is 73.3. The predicted molar refractivity (Wildman–Crippen MR) is 236 cm³/mol. The number of H-pyrrole nitrogens is 2. The van der Waals surface area contributed by atoms with Gasteiger partial charge in [0.1, 0.15) is 36.1 Å². The first-order chi connectivity index (χ1) is 31.0. The number of nitrogens with one attached hydrogen (secondary N) is 4. The molecule has 2 aromatic heterocycles. The van der Waals surface area contributed by atoms with E-state index in [0.717, 1.165) is 76.3 Å². The van der Waals surface area contributed by atoms with Crippen molar-refractivity contribution in [2.75, 3.05) is 41.0 Å². The minimum atomic E-state index is -0.940. The van der Waals surface area contributed by atoms with Crippen LogP contribution in [0.25, 0.3) is 33.6 Å². The van der Waals surface area contributed by atoms with Gasteiger partial charge in [0.05, 0.1) is 56.2 Å². The summed E-state index contributed by atoms with van der Waals surface area (Å²) in [6.07, 6.45) is 4.27. The van der Waals surface area contributed by atoms with Gasteiger partial charge in [0.25, 0.3) is 5.91 Å². The second kappa shape index (κ2) is 17.8. The lowest BCUT2D eigenvalue weighted by Crippen LogP contribution is -2.51. The molecule has 64 heavy (non-hydrogen) atoms. The number of imidazole rings is 2. The molecule has 16 heteroatoms. The minimum Gasteiger partial charge on any atom is -0.488 e. The summed E-state index contributed by atoms with van der Waals surface area (Å²) >= 11 is 0. The van der Waals surface area contributed by atoms with Crippen molar-refractivity contribution in [1.82, 2.24) is 40.4 Å². The van der Waals surface area contributed by atoms with Crippen LogP contribution < -0.4 is 15.4 Å². The molecule has 5 aromatic rings. The molecule has 16 nitrogen and oxygen atoms in total. The Balaban J connectivity index is 0.955. The van der Waals surface area contributed by atoms with Crippen molar-refractivity contribution in [3.05, 3.63) is 101 Å². The molecule has 5 atom stereocenters. The number of fused-ring (bicyclic) bond motifs is 6. The Morgan fingerprint density at radius 1 is 0.844 bits per heavy atom. The number of nitrogens with zero attached hydrogens (tertiary/aromatic N) is 4. The quantitative estimate of drug-likeness (QED) is 0.110. The number of rotatable bonds is 11. The average molecular weight is 871 g/mol. The molecule has 3 aromatic carbocycles. The lowest BCUT2D eigenvalue weighted by atomic mass is 9.86. The molecular formula is C48H54N8O8. The van der Waals surface area contributed by atoms with Crippen molar-refractivity contribution in [3.63, 3.8) is 0 Å². The van der Waals surface area contributed by atoms with Crippen LogP contribution in [-0.4, -0.2) is 101 Å². The molecular weight excluding hydrogens is 817 g/mol. The van der Waals surface area contributed by atoms with Gasteiger partial charge in [-0.05, 0) is 84.0 Å². The van der Waals surface area contributed by atoms with E-state index in [1.807, 2.05) is 60.2 Å². The normalized spacial score (nSPS) is 19.4. The Morgan fingerprint density at radius 3 is 2.41 bits per heavy atom. The first-order valence-corrected chi connectivity index (χ1v) is 22.0. The molecule has 4 N–H and O–H groups in total. The number of amides is 4. The third-order valence-corrected chi connectivity index (χ3v) is 13.0. The largest absolute Gasteiger partial charge is 0.488 e. The molecule has 9 rings (SSSR count). The zero-order valence-electron chi connectivity index (χ0n) is 36.7. The zero-order valence-corrected chi connectivity index (χ0v) is 36.7. The van der Waals surface area contributed by atoms with E-state index in [2.05, 4.69) is 50.9 Å². The third-order valence-electron chi connectivity index (χ3n) is 13.0. The molecule has 0 spiro atoms. The number of likely N-dealkylation sites (tertiary alicyclic amines) is 2. The summed E-state index contributed by atoms with van der Waals surface area (Å²) in [6, 6.07) is 17.6. The van der Waals surface area contributed by atoms with Gasteiger partial charge >= 0.3 is 12.2 Å². The van der Waals surface area contributed by atoms with Gasteiger partial charge in [-0.3, -0.25) is 9.59 Å². The topological polar surface area (TPSA) is 193 Å². The summed E-state index contributed by atoms with van der Waals surface area (Å²) < 4.78 is 21.7. The number of hydrogen-bond donors (Lipinski definition) is 4. The minimum absolute atomic E-state index is 0.0772. The van der Waals surface area contributed by atoms with Crippen LogP contribution in [0.2, 0.25) is 0 Å². The Bertz CT molecular complexity index is 2570. The highest BCUT2D eigenvalue weighted by Crippen LogP contribution is 2.46. The van der Waals surface area contributed by atoms with Crippen molar-refractivity contribution in [2.45, 2.75) is 76.7 Å². The van der Waals surface area contributed by atoms with E-state index >= 15 is 0 Å². The van der Waals surface area contributed by atoms with Crippen molar-refractivity contribution in [2.24, 2.45) is 11.8 Å². The molecule has 4 amide bonds. The van der Waals surface area contributed by atoms with E-state index in [4.69, 9.17) is 28.9 Å². The molecule has 2 saturated heterocycles. The zero-order chi connectivity index (χ0) is 44.6. The molecule has 4 aliphatic rings. The number of methoxy groups -OCH3 is 3. The molecule has 0 bridgehead atoms. The highest BCUT2D eigenvalue weighted by atomic mass is 16.5. The molecule has 2 fully saturated rings. The Hall–Kier alpha value is -6.68. The van der Waals surface area contributed by atoms with Gasteiger partial charge in [-0.2, -0.15) is 0 Å². The lowest BCUT2D eigenvalue weighted by molar-refractivity contribution is -0.136. The summed E-state index contributed by atoms with van der Waals surface area (Å²) in [7, 11) is 4.24. The van der Waals surface area contributed by atoms with Crippen LogP contribution in [0, 0.1) is 11.8 Å². The number of alkyl carbamates (subject to hydrolysis) is 2. The van der Waals surface area contributed by atoms with Gasteiger partial charge in [-0.1, -0.05) is 56.3 Å². The second-order valence-electron chi connectivity index (χ2n) is 17.4. The number of carbonyl (C=O) groups is 4. The van der Waals surface area contributed by atoms with E-state index < -0.39 is 24.3 Å². The molecule has 1 aliphatic carbocycles. The van der Waals surface area contributed by atoms with Crippen molar-refractivity contribution in [3.8, 4) is 39.4 Å². The number of carbonyl (C=O) groups excluding carboxylic acids is 4. The fourth-order valence-corrected chi connectivity index (χ4v) is 9.84.